The van der Waals surface area contributed by atoms with Crippen molar-refractivity contribution in [3.8, 4) is 0 Å². The van der Waals surface area contributed by atoms with Crippen LogP contribution in [0.2, 0.25) is 0 Å². The van der Waals surface area contributed by atoms with E-state index in [0.29, 0.717) is 6.54 Å². The number of aryl methyl sites for hydroxylation is 3. The van der Waals surface area contributed by atoms with Crippen LogP contribution in [-0.2, 0) is 11.2 Å². The number of nitrogens with one attached hydrogen (secondary N) is 2. The zero-order valence-electron chi connectivity index (χ0n) is 15.3. The summed E-state index contributed by atoms with van der Waals surface area (Å²) in [6.45, 7) is 6.89. The number of H-pyrrole nitrogens is 1. The summed E-state index contributed by atoms with van der Waals surface area (Å²) in [5.41, 5.74) is 12.3. The Kier molecular flexibility index (Phi) is 5.02. The van der Waals surface area contributed by atoms with E-state index in [0.717, 1.165) is 17.7 Å². The number of amides is 1. The van der Waals surface area contributed by atoms with Crippen LogP contribution in [0.1, 0.15) is 27.9 Å². The number of benzene rings is 1. The van der Waals surface area contributed by atoms with Gasteiger partial charge in [-0.05, 0) is 50.0 Å². The molecule has 0 atom stereocenters. The van der Waals surface area contributed by atoms with Crippen LogP contribution in [0.25, 0.3) is 17.0 Å². The van der Waals surface area contributed by atoms with Gasteiger partial charge < -0.3 is 16.0 Å². The van der Waals surface area contributed by atoms with Crippen molar-refractivity contribution in [2.24, 2.45) is 0 Å². The topological polar surface area (TPSA) is 96.7 Å². The van der Waals surface area contributed by atoms with E-state index in [1.54, 1.807) is 18.5 Å². The number of carbonyl (C=O) groups excluding carboxylic acids is 1. The number of nitrogen functional groups attached to an aromatic ring is 1. The summed E-state index contributed by atoms with van der Waals surface area (Å²) in [6.07, 6.45) is 7.07. The molecule has 6 nitrogen and oxygen atoms in total. The highest BCUT2D eigenvalue weighted by atomic mass is 16.1. The van der Waals surface area contributed by atoms with Crippen LogP contribution in [0.5, 0.6) is 0 Å². The van der Waals surface area contributed by atoms with E-state index in [9.17, 15) is 4.79 Å². The zero-order valence-corrected chi connectivity index (χ0v) is 15.3. The average Bonchev–Trinajstić information content (AvgIpc) is 2.94. The third kappa shape index (κ3) is 3.74. The molecule has 0 spiro atoms. The summed E-state index contributed by atoms with van der Waals surface area (Å²) in [5, 5.41) is 4.15. The van der Waals surface area contributed by atoms with E-state index in [1.165, 1.54) is 33.7 Å². The number of nitrogens with two attached hydrogens (primary N) is 1. The molecule has 0 saturated heterocycles. The molecule has 3 rings (SSSR count). The van der Waals surface area contributed by atoms with Crippen molar-refractivity contribution in [3.63, 3.8) is 0 Å². The molecule has 0 aliphatic heterocycles. The van der Waals surface area contributed by atoms with Crippen molar-refractivity contribution in [2.45, 2.75) is 27.2 Å². The number of aromatic nitrogens is 3. The highest BCUT2D eigenvalue weighted by Gasteiger charge is 2.11. The van der Waals surface area contributed by atoms with Gasteiger partial charge >= 0.3 is 0 Å². The molecule has 0 bridgehead atoms. The van der Waals surface area contributed by atoms with Crippen LogP contribution in [-0.4, -0.2) is 27.4 Å². The molecule has 2 aromatic heterocycles. The summed E-state index contributed by atoms with van der Waals surface area (Å²) in [5.74, 6) is 0.0671. The van der Waals surface area contributed by atoms with E-state index < -0.39 is 0 Å². The lowest BCUT2D eigenvalue weighted by Gasteiger charge is -2.05. The molecule has 134 valence electrons. The second kappa shape index (κ2) is 7.39. The maximum atomic E-state index is 12.0. The minimum absolute atomic E-state index is 0.147. The lowest BCUT2D eigenvalue weighted by molar-refractivity contribution is -0.116. The van der Waals surface area contributed by atoms with E-state index in [4.69, 9.17) is 5.73 Å². The molecular formula is C20H23N5O. The zero-order chi connectivity index (χ0) is 18.7. The lowest BCUT2D eigenvalue weighted by atomic mass is 10.0. The van der Waals surface area contributed by atoms with Gasteiger partial charge in [-0.1, -0.05) is 12.1 Å². The van der Waals surface area contributed by atoms with E-state index >= 15 is 0 Å². The van der Waals surface area contributed by atoms with Crippen molar-refractivity contribution in [1.29, 1.82) is 0 Å². The van der Waals surface area contributed by atoms with Crippen molar-refractivity contribution in [2.75, 3.05) is 12.3 Å². The summed E-state index contributed by atoms with van der Waals surface area (Å²) in [7, 11) is 0. The third-order valence-electron chi connectivity index (χ3n) is 4.62. The number of fused-ring (bicyclic) bond motifs is 1. The SMILES string of the molecule is Cc1ccc2c(CCNC(=O)C=Cc3cnc(N)nc3)c(C)[nH]c2c1C. The monoisotopic (exact) mass is 349 g/mol. The van der Waals surface area contributed by atoms with Gasteiger partial charge in [-0.2, -0.15) is 0 Å². The molecule has 6 heteroatoms. The number of rotatable bonds is 5. The second-order valence-corrected chi connectivity index (χ2v) is 6.41. The van der Waals surface area contributed by atoms with Gasteiger partial charge in [0.05, 0.1) is 0 Å². The maximum Gasteiger partial charge on any atom is 0.244 e. The van der Waals surface area contributed by atoms with Gasteiger partial charge in [0.15, 0.2) is 0 Å². The smallest absolute Gasteiger partial charge is 0.244 e. The van der Waals surface area contributed by atoms with Gasteiger partial charge in [-0.25, -0.2) is 9.97 Å². The first kappa shape index (κ1) is 17.7. The molecule has 0 radical (unpaired) electrons. The van der Waals surface area contributed by atoms with Crippen LogP contribution < -0.4 is 11.1 Å². The maximum absolute atomic E-state index is 12.0. The standard InChI is InChI=1S/C20H23N5O/c1-12-4-6-17-16(14(3)25-19(17)13(12)2)8-9-22-18(26)7-5-15-10-23-20(21)24-11-15/h4-7,10-11,25H,8-9H2,1-3H3,(H,22,26)(H2,21,23,24). The molecule has 1 amide bonds. The lowest BCUT2D eigenvalue weighted by Crippen LogP contribution is -2.23. The first-order valence-corrected chi connectivity index (χ1v) is 8.56. The number of carbonyl (C=O) groups is 1. The van der Waals surface area contributed by atoms with Crippen LogP contribution in [0.15, 0.2) is 30.6 Å². The van der Waals surface area contributed by atoms with E-state index in [1.807, 2.05) is 0 Å². The number of hydrogen-bond donors (Lipinski definition) is 3. The Balaban J connectivity index is 1.62. The highest BCUT2D eigenvalue weighted by Crippen LogP contribution is 2.26. The van der Waals surface area contributed by atoms with Gasteiger partial charge in [0.1, 0.15) is 0 Å². The molecule has 0 fully saturated rings. The molecule has 0 saturated carbocycles. The Morgan fingerprint density at radius 3 is 2.69 bits per heavy atom. The molecule has 0 unspecified atom stereocenters. The first-order valence-electron chi connectivity index (χ1n) is 8.56. The minimum atomic E-state index is -0.147. The average molecular weight is 349 g/mol. The van der Waals surface area contributed by atoms with Crippen molar-refractivity contribution >= 4 is 28.8 Å². The van der Waals surface area contributed by atoms with Crippen molar-refractivity contribution in [3.05, 3.63) is 58.6 Å². The van der Waals surface area contributed by atoms with Gasteiger partial charge in [0.25, 0.3) is 0 Å². The Morgan fingerprint density at radius 1 is 1.23 bits per heavy atom. The Labute approximate surface area is 152 Å². The molecule has 0 aliphatic carbocycles. The van der Waals surface area contributed by atoms with Crippen molar-refractivity contribution in [1.82, 2.24) is 20.3 Å². The predicted octanol–water partition coefficient (Wildman–Crippen LogP) is 2.84. The van der Waals surface area contributed by atoms with Gasteiger partial charge in [0, 0.05) is 47.2 Å². The molecule has 3 aromatic rings. The fraction of sp³-hybridized carbons (Fsp3) is 0.250. The summed E-state index contributed by atoms with van der Waals surface area (Å²) >= 11 is 0. The number of nitrogens with zero attached hydrogens (tertiary/aromatic N) is 2. The number of hydrogen-bond acceptors (Lipinski definition) is 4. The molecule has 4 N–H and O–H groups in total. The molecular weight excluding hydrogens is 326 g/mol. The highest BCUT2D eigenvalue weighted by molar-refractivity contribution is 5.92. The first-order chi connectivity index (χ1) is 12.5. The quantitative estimate of drug-likeness (QED) is 0.617. The van der Waals surface area contributed by atoms with Gasteiger partial charge in [-0.3, -0.25) is 4.79 Å². The van der Waals surface area contributed by atoms with Gasteiger partial charge in [-0.15, -0.1) is 0 Å². The molecule has 0 aliphatic rings. The minimum Gasteiger partial charge on any atom is -0.368 e. The Hall–Kier alpha value is -3.15. The van der Waals surface area contributed by atoms with Crippen molar-refractivity contribution < 1.29 is 4.79 Å². The van der Waals surface area contributed by atoms with E-state index in [2.05, 4.69) is 53.2 Å². The fourth-order valence-electron chi connectivity index (χ4n) is 2.99. The summed E-state index contributed by atoms with van der Waals surface area (Å²) < 4.78 is 0. The summed E-state index contributed by atoms with van der Waals surface area (Å²) in [4.78, 5) is 23.2. The largest absolute Gasteiger partial charge is 0.368 e. The number of aromatic amines is 1. The van der Waals surface area contributed by atoms with Crippen LogP contribution in [0.4, 0.5) is 5.95 Å². The Bertz CT molecular complexity index is 970. The molecule has 26 heavy (non-hydrogen) atoms. The van der Waals surface area contributed by atoms with Crippen LogP contribution in [0, 0.1) is 20.8 Å². The normalized spacial score (nSPS) is 11.3. The molecule has 1 aromatic carbocycles. The predicted molar refractivity (Wildman–Crippen MR) is 105 cm³/mol. The fourth-order valence-corrected chi connectivity index (χ4v) is 2.99. The van der Waals surface area contributed by atoms with Crippen LogP contribution in [0.3, 0.4) is 0 Å². The number of anilines is 1. The van der Waals surface area contributed by atoms with Crippen LogP contribution >= 0.6 is 0 Å². The molecule has 2 heterocycles. The second-order valence-electron chi connectivity index (χ2n) is 6.41. The summed E-state index contributed by atoms with van der Waals surface area (Å²) in [6, 6.07) is 4.30. The van der Waals surface area contributed by atoms with Gasteiger partial charge in [0.2, 0.25) is 11.9 Å². The van der Waals surface area contributed by atoms with E-state index in [-0.39, 0.29) is 11.9 Å². The Morgan fingerprint density at radius 2 is 1.96 bits per heavy atom. The third-order valence-corrected chi connectivity index (χ3v) is 4.62.